The summed E-state index contributed by atoms with van der Waals surface area (Å²) in [6.45, 7) is 2.88. The molecule has 0 saturated carbocycles. The lowest BCUT2D eigenvalue weighted by molar-refractivity contribution is -0.136. The van der Waals surface area contributed by atoms with Gasteiger partial charge in [-0.1, -0.05) is 0 Å². The minimum atomic E-state index is -4.05. The fourth-order valence-corrected chi connectivity index (χ4v) is 5.70. The van der Waals surface area contributed by atoms with Gasteiger partial charge in [-0.05, 0) is 24.5 Å². The van der Waals surface area contributed by atoms with E-state index in [-0.39, 0.29) is 24.9 Å². The van der Waals surface area contributed by atoms with Gasteiger partial charge in [-0.3, -0.25) is 4.79 Å². The van der Waals surface area contributed by atoms with Gasteiger partial charge in [-0.25, -0.2) is 17.2 Å². The Kier molecular flexibility index (Phi) is 5.15. The lowest BCUT2D eigenvalue weighted by atomic mass is 9.87. The van der Waals surface area contributed by atoms with E-state index in [1.54, 1.807) is 4.90 Å². The van der Waals surface area contributed by atoms with Gasteiger partial charge < -0.3 is 14.4 Å². The summed E-state index contributed by atoms with van der Waals surface area (Å²) < 4.78 is 64.3. The van der Waals surface area contributed by atoms with E-state index in [9.17, 15) is 22.0 Å². The number of amides is 1. The molecule has 28 heavy (non-hydrogen) atoms. The van der Waals surface area contributed by atoms with E-state index in [1.807, 2.05) is 0 Å². The molecule has 1 unspecified atom stereocenters. The molecule has 1 spiro atoms. The molecule has 1 amide bonds. The smallest absolute Gasteiger partial charge is 0.246 e. The fraction of sp³-hybridized carbons (Fsp3) is 0.611. The molecule has 0 aromatic heterocycles. The lowest BCUT2D eigenvalue weighted by Gasteiger charge is -2.46. The summed E-state index contributed by atoms with van der Waals surface area (Å²) in [5.41, 5.74) is -0.625. The Hall–Kier alpha value is -1.62. The minimum absolute atomic E-state index is 0.0303. The second-order valence-electron chi connectivity index (χ2n) is 7.61. The van der Waals surface area contributed by atoms with Crippen LogP contribution >= 0.6 is 0 Å². The molecule has 3 aliphatic rings. The highest BCUT2D eigenvalue weighted by atomic mass is 32.2. The van der Waals surface area contributed by atoms with Crippen molar-refractivity contribution in [2.24, 2.45) is 5.92 Å². The number of nitrogens with zero attached hydrogens (tertiary/aromatic N) is 2. The van der Waals surface area contributed by atoms with E-state index in [4.69, 9.17) is 9.47 Å². The maximum atomic E-state index is 13.9. The maximum absolute atomic E-state index is 13.9. The zero-order valence-corrected chi connectivity index (χ0v) is 16.1. The van der Waals surface area contributed by atoms with Crippen molar-refractivity contribution >= 4 is 15.9 Å². The topological polar surface area (TPSA) is 76.2 Å². The lowest BCUT2D eigenvalue weighted by Crippen LogP contribution is -2.63. The number of hydrogen-bond acceptors (Lipinski definition) is 5. The van der Waals surface area contributed by atoms with Gasteiger partial charge in [0, 0.05) is 38.7 Å². The molecular weight excluding hydrogens is 394 g/mol. The number of sulfonamides is 1. The molecular formula is C18H22F2N2O5S. The molecule has 7 nitrogen and oxygen atoms in total. The van der Waals surface area contributed by atoms with Gasteiger partial charge in [-0.2, -0.15) is 4.31 Å². The van der Waals surface area contributed by atoms with Gasteiger partial charge in [-0.15, -0.1) is 0 Å². The van der Waals surface area contributed by atoms with E-state index >= 15 is 0 Å². The summed E-state index contributed by atoms with van der Waals surface area (Å²) in [5.74, 6) is -1.85. The van der Waals surface area contributed by atoms with E-state index < -0.39 is 32.2 Å². The van der Waals surface area contributed by atoms with Crippen LogP contribution in [0.1, 0.15) is 12.8 Å². The second kappa shape index (κ2) is 7.33. The number of halogens is 2. The molecule has 3 aliphatic heterocycles. The van der Waals surface area contributed by atoms with Crippen molar-refractivity contribution < 1.29 is 31.5 Å². The highest BCUT2D eigenvalue weighted by Gasteiger charge is 2.54. The predicted octanol–water partition coefficient (Wildman–Crippen LogP) is 0.993. The van der Waals surface area contributed by atoms with Crippen LogP contribution in [-0.4, -0.2) is 75.1 Å². The molecule has 3 saturated heterocycles. The normalized spacial score (nSPS) is 25.1. The highest BCUT2D eigenvalue weighted by molar-refractivity contribution is 7.89. The molecule has 1 aromatic rings. The van der Waals surface area contributed by atoms with Crippen LogP contribution in [0.5, 0.6) is 0 Å². The third-order valence-corrected chi connectivity index (χ3v) is 7.38. The van der Waals surface area contributed by atoms with Crippen LogP contribution in [0, 0.1) is 17.6 Å². The molecule has 0 N–H and O–H groups in total. The summed E-state index contributed by atoms with van der Waals surface area (Å²) in [5, 5.41) is 0. The van der Waals surface area contributed by atoms with Crippen molar-refractivity contribution in [3.05, 3.63) is 29.8 Å². The van der Waals surface area contributed by atoms with Gasteiger partial charge in [0.05, 0.1) is 25.4 Å². The third kappa shape index (κ3) is 3.66. The van der Waals surface area contributed by atoms with E-state index in [0.29, 0.717) is 51.8 Å². The third-order valence-electron chi connectivity index (χ3n) is 5.55. The fourth-order valence-electron chi connectivity index (χ4n) is 4.07. The average Bonchev–Trinajstić information content (AvgIpc) is 3.05. The molecule has 1 atom stereocenters. The molecule has 0 aliphatic carbocycles. The van der Waals surface area contributed by atoms with Gasteiger partial charge in [0.1, 0.15) is 16.5 Å². The Bertz CT molecular complexity index is 867. The quantitative estimate of drug-likeness (QED) is 0.732. The Balaban J connectivity index is 1.35. The maximum Gasteiger partial charge on any atom is 0.246 e. The molecule has 3 heterocycles. The van der Waals surface area contributed by atoms with Crippen molar-refractivity contribution in [1.29, 1.82) is 0 Å². The Morgan fingerprint density at radius 2 is 1.93 bits per heavy atom. The van der Waals surface area contributed by atoms with Crippen molar-refractivity contribution in [1.82, 2.24) is 9.21 Å². The summed E-state index contributed by atoms with van der Waals surface area (Å²) in [6, 6.07) is 2.41. The summed E-state index contributed by atoms with van der Waals surface area (Å²) in [6.07, 6.45) is 0.947. The van der Waals surface area contributed by atoms with Gasteiger partial charge >= 0.3 is 0 Å². The zero-order valence-electron chi connectivity index (χ0n) is 15.3. The van der Waals surface area contributed by atoms with Crippen LogP contribution in [0.2, 0.25) is 0 Å². The molecule has 154 valence electrons. The predicted molar refractivity (Wildman–Crippen MR) is 93.9 cm³/mol. The van der Waals surface area contributed by atoms with Crippen molar-refractivity contribution in [2.45, 2.75) is 23.3 Å². The van der Waals surface area contributed by atoms with Crippen molar-refractivity contribution in [3.63, 3.8) is 0 Å². The molecule has 0 radical (unpaired) electrons. The number of morpholine rings is 1. The van der Waals surface area contributed by atoms with Crippen LogP contribution in [0.25, 0.3) is 0 Å². The molecule has 4 rings (SSSR count). The van der Waals surface area contributed by atoms with Crippen LogP contribution < -0.4 is 0 Å². The first-order valence-corrected chi connectivity index (χ1v) is 10.7. The molecule has 0 bridgehead atoms. The average molecular weight is 416 g/mol. The molecule has 10 heteroatoms. The number of ether oxygens (including phenoxy) is 2. The van der Waals surface area contributed by atoms with Gasteiger partial charge in [0.15, 0.2) is 0 Å². The number of benzene rings is 1. The van der Waals surface area contributed by atoms with Crippen LogP contribution in [-0.2, 0) is 24.3 Å². The standard InChI is InChI=1S/C18H22F2N2O5S/c19-14-1-2-16(15(20)8-14)28(24,25)22-11-18(12-22)9-13(10-27-18)7-17(23)21-3-5-26-6-4-21/h1-2,8,13H,3-7,9-12H2. The summed E-state index contributed by atoms with van der Waals surface area (Å²) >= 11 is 0. The molecule has 3 fully saturated rings. The first kappa shape index (κ1) is 19.7. The van der Waals surface area contributed by atoms with Crippen molar-refractivity contribution in [2.75, 3.05) is 46.0 Å². The number of rotatable bonds is 4. The molecule has 1 aromatic carbocycles. The van der Waals surface area contributed by atoms with E-state index in [1.165, 1.54) is 0 Å². The van der Waals surface area contributed by atoms with Gasteiger partial charge in [0.2, 0.25) is 15.9 Å². The Morgan fingerprint density at radius 1 is 1.21 bits per heavy atom. The van der Waals surface area contributed by atoms with Crippen LogP contribution in [0.3, 0.4) is 0 Å². The number of carbonyl (C=O) groups is 1. The highest BCUT2D eigenvalue weighted by Crippen LogP contribution is 2.41. The van der Waals surface area contributed by atoms with Crippen LogP contribution in [0.15, 0.2) is 23.1 Å². The van der Waals surface area contributed by atoms with Crippen molar-refractivity contribution in [3.8, 4) is 0 Å². The zero-order chi connectivity index (χ0) is 19.9. The Morgan fingerprint density at radius 3 is 2.61 bits per heavy atom. The van der Waals surface area contributed by atoms with E-state index in [2.05, 4.69) is 0 Å². The number of hydrogen-bond donors (Lipinski definition) is 0. The van der Waals surface area contributed by atoms with Gasteiger partial charge in [0.25, 0.3) is 0 Å². The van der Waals surface area contributed by atoms with Crippen LogP contribution in [0.4, 0.5) is 8.78 Å². The number of carbonyl (C=O) groups excluding carboxylic acids is 1. The first-order valence-electron chi connectivity index (χ1n) is 9.24. The summed E-state index contributed by atoms with van der Waals surface area (Å²) in [7, 11) is -4.05. The second-order valence-corrected chi connectivity index (χ2v) is 9.52. The largest absolute Gasteiger partial charge is 0.378 e. The van der Waals surface area contributed by atoms with E-state index in [0.717, 1.165) is 16.4 Å². The minimum Gasteiger partial charge on any atom is -0.378 e. The monoisotopic (exact) mass is 416 g/mol. The SMILES string of the molecule is O=C(CC1COC2(C1)CN(S(=O)(=O)c1ccc(F)cc1F)C2)N1CCOCC1. The Labute approximate surface area is 162 Å². The summed E-state index contributed by atoms with van der Waals surface area (Å²) in [4.78, 5) is 13.6. The first-order chi connectivity index (χ1) is 13.3.